The molecule has 1 heterocycles. The van der Waals surface area contributed by atoms with Gasteiger partial charge in [-0.05, 0) is 12.8 Å². The number of hydrogen-bond acceptors (Lipinski definition) is 2. The van der Waals surface area contributed by atoms with Crippen molar-refractivity contribution in [2.75, 3.05) is 0 Å². The van der Waals surface area contributed by atoms with Gasteiger partial charge in [-0.1, -0.05) is 0 Å². The number of urea groups is 1. The molecule has 5 heteroatoms. The number of nitrogens with zero attached hydrogens (tertiary/aromatic N) is 2. The third-order valence-electron chi connectivity index (χ3n) is 2.12. The summed E-state index contributed by atoms with van der Waals surface area (Å²) in [6.45, 7) is 0.534. The highest BCUT2D eigenvalue weighted by atomic mass is 16.2. The maximum Gasteiger partial charge on any atom is 0.315 e. The second kappa shape index (κ2) is 3.69. The minimum absolute atomic E-state index is 0.0867. The Morgan fingerprint density at radius 1 is 1.71 bits per heavy atom. The van der Waals surface area contributed by atoms with Crippen molar-refractivity contribution in [1.29, 1.82) is 0 Å². The standard InChI is InChI=1S/C9H14N4O/c1-13-6-7(5-11-13)4-10-9(14)12-8-2-3-8/h5-6,8H,2-4H2,1H3,(H2,10,12,14). The third-order valence-corrected chi connectivity index (χ3v) is 2.12. The van der Waals surface area contributed by atoms with Crippen molar-refractivity contribution < 1.29 is 4.79 Å². The lowest BCUT2D eigenvalue weighted by molar-refractivity contribution is 0.240. The van der Waals surface area contributed by atoms with Crippen LogP contribution in [0.15, 0.2) is 12.4 Å². The minimum atomic E-state index is -0.0867. The van der Waals surface area contributed by atoms with Crippen molar-refractivity contribution in [2.45, 2.75) is 25.4 Å². The van der Waals surface area contributed by atoms with E-state index >= 15 is 0 Å². The van der Waals surface area contributed by atoms with Crippen molar-refractivity contribution in [1.82, 2.24) is 20.4 Å². The van der Waals surface area contributed by atoms with E-state index < -0.39 is 0 Å². The topological polar surface area (TPSA) is 59.0 Å². The minimum Gasteiger partial charge on any atom is -0.335 e. The molecule has 2 N–H and O–H groups in total. The average molecular weight is 194 g/mol. The molecule has 0 bridgehead atoms. The number of aryl methyl sites for hydroxylation is 1. The molecule has 0 saturated heterocycles. The van der Waals surface area contributed by atoms with Crippen molar-refractivity contribution in [3.63, 3.8) is 0 Å². The number of aromatic nitrogens is 2. The molecule has 14 heavy (non-hydrogen) atoms. The monoisotopic (exact) mass is 194 g/mol. The molecule has 1 aromatic heterocycles. The Kier molecular flexibility index (Phi) is 2.39. The Morgan fingerprint density at radius 2 is 2.50 bits per heavy atom. The highest BCUT2D eigenvalue weighted by molar-refractivity contribution is 5.74. The van der Waals surface area contributed by atoms with Crippen LogP contribution >= 0.6 is 0 Å². The average Bonchev–Trinajstić information content (AvgIpc) is 2.85. The summed E-state index contributed by atoms with van der Waals surface area (Å²) in [6.07, 6.45) is 5.86. The van der Waals surface area contributed by atoms with Gasteiger partial charge in [0, 0.05) is 31.4 Å². The second-order valence-corrected chi connectivity index (χ2v) is 3.62. The molecule has 0 aliphatic heterocycles. The quantitative estimate of drug-likeness (QED) is 0.731. The molecule has 1 aromatic rings. The molecule has 0 aromatic carbocycles. The molecule has 0 atom stereocenters. The summed E-state index contributed by atoms with van der Waals surface area (Å²) in [5.41, 5.74) is 1.01. The lowest BCUT2D eigenvalue weighted by Gasteiger charge is -2.04. The van der Waals surface area contributed by atoms with Gasteiger partial charge in [0.2, 0.25) is 0 Å². The van der Waals surface area contributed by atoms with Gasteiger partial charge in [0.05, 0.1) is 6.20 Å². The van der Waals surface area contributed by atoms with Gasteiger partial charge in [0.15, 0.2) is 0 Å². The molecule has 1 fully saturated rings. The van der Waals surface area contributed by atoms with Crippen LogP contribution in [0.25, 0.3) is 0 Å². The molecule has 2 amide bonds. The van der Waals surface area contributed by atoms with Crippen LogP contribution in [0.3, 0.4) is 0 Å². The first-order valence-electron chi connectivity index (χ1n) is 4.76. The molecule has 2 rings (SSSR count). The van der Waals surface area contributed by atoms with Gasteiger partial charge >= 0.3 is 6.03 Å². The summed E-state index contributed by atoms with van der Waals surface area (Å²) in [6, 6.07) is 0.320. The van der Waals surface area contributed by atoms with Gasteiger partial charge in [-0.15, -0.1) is 0 Å². The Balaban J connectivity index is 1.73. The molecule has 5 nitrogen and oxygen atoms in total. The van der Waals surface area contributed by atoms with Crippen molar-refractivity contribution in [2.24, 2.45) is 7.05 Å². The molecular formula is C9H14N4O. The smallest absolute Gasteiger partial charge is 0.315 e. The number of rotatable bonds is 3. The zero-order chi connectivity index (χ0) is 9.97. The largest absolute Gasteiger partial charge is 0.335 e. The lowest BCUT2D eigenvalue weighted by atomic mass is 10.4. The van der Waals surface area contributed by atoms with E-state index in [1.54, 1.807) is 10.9 Å². The summed E-state index contributed by atoms with van der Waals surface area (Å²) >= 11 is 0. The predicted octanol–water partition coefficient (Wildman–Crippen LogP) is 0.382. The highest BCUT2D eigenvalue weighted by Gasteiger charge is 2.22. The number of nitrogens with one attached hydrogen (secondary N) is 2. The molecule has 76 valence electrons. The van der Waals surface area contributed by atoms with Gasteiger partial charge in [-0.3, -0.25) is 4.68 Å². The molecule has 1 aliphatic carbocycles. The Labute approximate surface area is 82.5 Å². The van der Waals surface area contributed by atoms with Crippen molar-refractivity contribution in [3.05, 3.63) is 18.0 Å². The number of carbonyl (C=O) groups excluding carboxylic acids is 1. The van der Waals surface area contributed by atoms with Crippen LogP contribution in [0.5, 0.6) is 0 Å². The Bertz CT molecular complexity index is 329. The fourth-order valence-electron chi connectivity index (χ4n) is 1.21. The predicted molar refractivity (Wildman–Crippen MR) is 51.6 cm³/mol. The first kappa shape index (κ1) is 9.05. The van der Waals surface area contributed by atoms with E-state index in [-0.39, 0.29) is 6.03 Å². The normalized spacial score (nSPS) is 15.2. The van der Waals surface area contributed by atoms with E-state index in [9.17, 15) is 4.79 Å². The van der Waals surface area contributed by atoms with Crippen LogP contribution in [0, 0.1) is 0 Å². The number of amides is 2. The maximum absolute atomic E-state index is 11.2. The summed E-state index contributed by atoms with van der Waals surface area (Å²) in [5, 5.41) is 9.65. The Morgan fingerprint density at radius 3 is 3.07 bits per heavy atom. The van der Waals surface area contributed by atoms with Gasteiger partial charge in [0.1, 0.15) is 0 Å². The Hall–Kier alpha value is -1.52. The van der Waals surface area contributed by atoms with Crippen LogP contribution in [0.2, 0.25) is 0 Å². The number of hydrogen-bond donors (Lipinski definition) is 2. The molecular weight excluding hydrogens is 180 g/mol. The zero-order valence-corrected chi connectivity index (χ0v) is 8.16. The number of carbonyl (C=O) groups is 1. The van der Waals surface area contributed by atoms with Crippen LogP contribution in [0.1, 0.15) is 18.4 Å². The van der Waals surface area contributed by atoms with E-state index in [0.717, 1.165) is 18.4 Å². The fraction of sp³-hybridized carbons (Fsp3) is 0.556. The SMILES string of the molecule is Cn1cc(CNC(=O)NC2CC2)cn1. The zero-order valence-electron chi connectivity index (χ0n) is 8.16. The van der Waals surface area contributed by atoms with Crippen molar-refractivity contribution in [3.8, 4) is 0 Å². The van der Waals surface area contributed by atoms with Gasteiger partial charge in [-0.2, -0.15) is 5.10 Å². The second-order valence-electron chi connectivity index (χ2n) is 3.62. The van der Waals surface area contributed by atoms with Crippen LogP contribution in [-0.4, -0.2) is 21.9 Å². The van der Waals surface area contributed by atoms with E-state index in [1.807, 2.05) is 13.2 Å². The van der Waals surface area contributed by atoms with Crippen LogP contribution < -0.4 is 10.6 Å². The van der Waals surface area contributed by atoms with E-state index in [2.05, 4.69) is 15.7 Å². The molecule has 1 aliphatic rings. The highest BCUT2D eigenvalue weighted by Crippen LogP contribution is 2.18. The van der Waals surface area contributed by atoms with Gasteiger partial charge < -0.3 is 10.6 Å². The molecule has 0 spiro atoms. The van der Waals surface area contributed by atoms with E-state index in [4.69, 9.17) is 0 Å². The molecule has 0 radical (unpaired) electrons. The lowest BCUT2D eigenvalue weighted by Crippen LogP contribution is -2.36. The summed E-state index contributed by atoms with van der Waals surface area (Å²) < 4.78 is 1.72. The molecule has 0 unspecified atom stereocenters. The fourth-order valence-corrected chi connectivity index (χ4v) is 1.21. The van der Waals surface area contributed by atoms with Gasteiger partial charge in [-0.25, -0.2) is 4.79 Å². The van der Waals surface area contributed by atoms with Crippen LogP contribution in [-0.2, 0) is 13.6 Å². The molecule has 1 saturated carbocycles. The maximum atomic E-state index is 11.2. The summed E-state index contributed by atoms with van der Waals surface area (Å²) in [7, 11) is 1.85. The van der Waals surface area contributed by atoms with Crippen molar-refractivity contribution >= 4 is 6.03 Å². The first-order valence-corrected chi connectivity index (χ1v) is 4.76. The van der Waals surface area contributed by atoms with Gasteiger partial charge in [0.25, 0.3) is 0 Å². The third kappa shape index (κ3) is 2.48. The van der Waals surface area contributed by atoms with E-state index in [1.165, 1.54) is 0 Å². The summed E-state index contributed by atoms with van der Waals surface area (Å²) in [4.78, 5) is 11.2. The van der Waals surface area contributed by atoms with E-state index in [0.29, 0.717) is 12.6 Å². The first-order chi connectivity index (χ1) is 6.74. The van der Waals surface area contributed by atoms with Crippen LogP contribution in [0.4, 0.5) is 4.79 Å². The summed E-state index contributed by atoms with van der Waals surface area (Å²) in [5.74, 6) is 0.